The molecule has 4 heteroatoms. The monoisotopic (exact) mass is 293 g/mol. The summed E-state index contributed by atoms with van der Waals surface area (Å²) in [6, 6.07) is 17.3. The van der Waals surface area contributed by atoms with Crippen LogP contribution in [-0.4, -0.2) is 24.5 Å². The first-order chi connectivity index (χ1) is 10.7. The zero-order valence-corrected chi connectivity index (χ0v) is 12.2. The lowest BCUT2D eigenvalue weighted by Crippen LogP contribution is -2.18. The Hall–Kier alpha value is -2.62. The van der Waals surface area contributed by atoms with Gasteiger partial charge < -0.3 is 9.47 Å². The summed E-state index contributed by atoms with van der Waals surface area (Å²) in [6.07, 6.45) is 0.703. The van der Waals surface area contributed by atoms with E-state index < -0.39 is 5.54 Å². The van der Waals surface area contributed by atoms with Crippen LogP contribution in [0.15, 0.2) is 59.6 Å². The smallest absolute Gasteiger partial charge is 0.341 e. The van der Waals surface area contributed by atoms with Crippen molar-refractivity contribution in [3.8, 4) is 5.75 Å². The van der Waals surface area contributed by atoms with Gasteiger partial charge in [-0.15, -0.1) is 0 Å². The first-order valence-corrected chi connectivity index (χ1v) is 7.24. The van der Waals surface area contributed by atoms with Gasteiger partial charge in [0.25, 0.3) is 0 Å². The first kappa shape index (κ1) is 13.1. The predicted molar refractivity (Wildman–Crippen MR) is 82.2 cm³/mol. The third kappa shape index (κ3) is 1.91. The molecule has 1 fully saturated rings. The lowest BCUT2D eigenvalue weighted by Gasteiger charge is -2.04. The van der Waals surface area contributed by atoms with Crippen LogP contribution in [0.25, 0.3) is 0 Å². The van der Waals surface area contributed by atoms with E-state index in [0.717, 1.165) is 16.9 Å². The van der Waals surface area contributed by atoms with Crippen molar-refractivity contribution in [1.82, 2.24) is 0 Å². The van der Waals surface area contributed by atoms with Gasteiger partial charge >= 0.3 is 5.97 Å². The zero-order valence-electron chi connectivity index (χ0n) is 12.2. The minimum absolute atomic E-state index is 0.0899. The molecule has 1 aliphatic carbocycles. The number of hydrogen-bond acceptors (Lipinski definition) is 4. The van der Waals surface area contributed by atoms with Crippen LogP contribution in [0.5, 0.6) is 5.75 Å². The van der Waals surface area contributed by atoms with E-state index in [2.05, 4.69) is 4.99 Å². The molecule has 1 heterocycles. The van der Waals surface area contributed by atoms with Gasteiger partial charge in [0.15, 0.2) is 5.54 Å². The number of hydrogen-bond donors (Lipinski definition) is 0. The third-order valence-corrected chi connectivity index (χ3v) is 4.31. The van der Waals surface area contributed by atoms with E-state index in [1.54, 1.807) is 7.11 Å². The summed E-state index contributed by atoms with van der Waals surface area (Å²) in [4.78, 5) is 16.9. The molecular weight excluding hydrogens is 278 g/mol. The van der Waals surface area contributed by atoms with Crippen molar-refractivity contribution in [2.24, 2.45) is 4.99 Å². The summed E-state index contributed by atoms with van der Waals surface area (Å²) < 4.78 is 10.6. The van der Waals surface area contributed by atoms with E-state index in [-0.39, 0.29) is 11.9 Å². The van der Waals surface area contributed by atoms with Crippen LogP contribution in [-0.2, 0) is 9.53 Å². The van der Waals surface area contributed by atoms with E-state index in [1.807, 2.05) is 54.6 Å². The molecule has 0 unspecified atom stereocenters. The molecule has 2 atom stereocenters. The largest absolute Gasteiger partial charge is 0.497 e. The number of methoxy groups -OCH3 is 1. The highest BCUT2D eigenvalue weighted by Crippen LogP contribution is 2.57. The Morgan fingerprint density at radius 1 is 1.14 bits per heavy atom. The van der Waals surface area contributed by atoms with Crippen LogP contribution in [0.3, 0.4) is 0 Å². The van der Waals surface area contributed by atoms with Crippen LogP contribution >= 0.6 is 0 Å². The van der Waals surface area contributed by atoms with Gasteiger partial charge in [0.2, 0.25) is 5.90 Å². The lowest BCUT2D eigenvalue weighted by molar-refractivity contribution is -0.136. The Kier molecular flexibility index (Phi) is 2.79. The molecule has 1 spiro atoms. The van der Waals surface area contributed by atoms with Gasteiger partial charge in [0.1, 0.15) is 5.75 Å². The van der Waals surface area contributed by atoms with Crippen molar-refractivity contribution in [2.75, 3.05) is 7.11 Å². The number of aliphatic imine (C=N–C) groups is 1. The van der Waals surface area contributed by atoms with E-state index in [4.69, 9.17) is 9.47 Å². The number of carbonyl (C=O) groups excluding carboxylic acids is 1. The molecule has 0 saturated heterocycles. The second-order valence-electron chi connectivity index (χ2n) is 5.63. The number of rotatable bonds is 3. The molecule has 2 aliphatic rings. The molecule has 2 aromatic carbocycles. The number of esters is 1. The third-order valence-electron chi connectivity index (χ3n) is 4.31. The molecule has 1 aliphatic heterocycles. The lowest BCUT2D eigenvalue weighted by atomic mass is 10.1. The fraction of sp³-hybridized carbons (Fsp3) is 0.222. The Balaban J connectivity index is 1.63. The highest BCUT2D eigenvalue weighted by atomic mass is 16.6. The number of nitrogens with zero attached hydrogens (tertiary/aromatic N) is 1. The summed E-state index contributed by atoms with van der Waals surface area (Å²) in [6.45, 7) is 0. The molecule has 22 heavy (non-hydrogen) atoms. The fourth-order valence-corrected chi connectivity index (χ4v) is 2.96. The van der Waals surface area contributed by atoms with E-state index in [9.17, 15) is 4.79 Å². The molecule has 0 amide bonds. The maximum Gasteiger partial charge on any atom is 0.341 e. The van der Waals surface area contributed by atoms with Crippen molar-refractivity contribution >= 4 is 11.9 Å². The SMILES string of the molecule is COc1ccc([C@@H]2C[C@@]23N=C(c2ccccc2)OC3=O)cc1. The van der Waals surface area contributed by atoms with Crippen molar-refractivity contribution in [2.45, 2.75) is 17.9 Å². The van der Waals surface area contributed by atoms with Gasteiger partial charge in [-0.1, -0.05) is 30.3 Å². The number of benzene rings is 2. The molecule has 0 N–H and O–H groups in total. The summed E-state index contributed by atoms with van der Waals surface area (Å²) >= 11 is 0. The second-order valence-corrected chi connectivity index (χ2v) is 5.63. The van der Waals surface area contributed by atoms with Gasteiger partial charge in [-0.2, -0.15) is 0 Å². The molecule has 0 radical (unpaired) electrons. The van der Waals surface area contributed by atoms with Gasteiger partial charge in [-0.3, -0.25) is 0 Å². The molecule has 0 bridgehead atoms. The summed E-state index contributed by atoms with van der Waals surface area (Å²) in [5, 5.41) is 0. The van der Waals surface area contributed by atoms with Crippen molar-refractivity contribution < 1.29 is 14.3 Å². The summed E-state index contributed by atoms with van der Waals surface area (Å²) in [7, 11) is 1.64. The summed E-state index contributed by atoms with van der Waals surface area (Å²) in [5.41, 5.74) is 1.21. The topological polar surface area (TPSA) is 47.9 Å². The highest BCUT2D eigenvalue weighted by molar-refractivity contribution is 6.09. The van der Waals surface area contributed by atoms with Gasteiger partial charge in [-0.05, 0) is 36.2 Å². The fourth-order valence-electron chi connectivity index (χ4n) is 2.96. The molecule has 4 rings (SSSR count). The van der Waals surface area contributed by atoms with Gasteiger partial charge in [0.05, 0.1) is 7.11 Å². The van der Waals surface area contributed by atoms with Crippen LogP contribution in [0.4, 0.5) is 0 Å². The normalized spacial score (nSPS) is 25.8. The average Bonchev–Trinajstić information content (AvgIpc) is 3.21. The Bertz CT molecular complexity index is 752. The van der Waals surface area contributed by atoms with E-state index >= 15 is 0 Å². The maximum absolute atomic E-state index is 12.3. The Morgan fingerprint density at radius 2 is 1.86 bits per heavy atom. The van der Waals surface area contributed by atoms with Crippen molar-refractivity contribution in [3.63, 3.8) is 0 Å². The molecule has 110 valence electrons. The van der Waals surface area contributed by atoms with Crippen LogP contribution < -0.4 is 4.74 Å². The zero-order chi connectivity index (χ0) is 15.2. The van der Waals surface area contributed by atoms with Gasteiger partial charge in [0, 0.05) is 11.5 Å². The molecule has 2 aromatic rings. The maximum atomic E-state index is 12.3. The minimum Gasteiger partial charge on any atom is -0.497 e. The van der Waals surface area contributed by atoms with Crippen LogP contribution in [0.1, 0.15) is 23.5 Å². The Labute approximate surface area is 128 Å². The van der Waals surface area contributed by atoms with E-state index in [1.165, 1.54) is 0 Å². The molecular formula is C18H15NO3. The van der Waals surface area contributed by atoms with E-state index in [0.29, 0.717) is 12.3 Å². The predicted octanol–water partition coefficient (Wildman–Crippen LogP) is 2.92. The number of ether oxygens (including phenoxy) is 2. The highest BCUT2D eigenvalue weighted by Gasteiger charge is 2.65. The van der Waals surface area contributed by atoms with Crippen molar-refractivity contribution in [1.29, 1.82) is 0 Å². The first-order valence-electron chi connectivity index (χ1n) is 7.24. The standard InChI is InChI=1S/C18H15NO3/c1-21-14-9-7-12(8-10-14)15-11-18(15)17(20)22-16(19-18)13-5-3-2-4-6-13/h2-10,15H,11H2,1H3/t15-,18+/m0/s1. The number of carbonyl (C=O) groups is 1. The van der Waals surface area contributed by atoms with Crippen LogP contribution in [0.2, 0.25) is 0 Å². The Morgan fingerprint density at radius 3 is 2.55 bits per heavy atom. The van der Waals surface area contributed by atoms with Crippen LogP contribution in [0, 0.1) is 0 Å². The number of cyclic esters (lactones) is 1. The minimum atomic E-state index is -0.722. The molecule has 4 nitrogen and oxygen atoms in total. The van der Waals surface area contributed by atoms with Crippen molar-refractivity contribution in [3.05, 3.63) is 65.7 Å². The quantitative estimate of drug-likeness (QED) is 0.817. The van der Waals surface area contributed by atoms with Gasteiger partial charge in [-0.25, -0.2) is 9.79 Å². The molecule has 0 aromatic heterocycles. The second kappa shape index (κ2) is 4.70. The summed E-state index contributed by atoms with van der Waals surface area (Å²) in [5.74, 6) is 1.09. The average molecular weight is 293 g/mol. The molecule has 1 saturated carbocycles.